The van der Waals surface area contributed by atoms with Crippen LogP contribution in [0.3, 0.4) is 0 Å². The first-order valence-corrected chi connectivity index (χ1v) is 9.13. The number of nitrogens with one attached hydrogen (secondary N) is 1. The van der Waals surface area contributed by atoms with Crippen molar-refractivity contribution in [3.63, 3.8) is 0 Å². The van der Waals surface area contributed by atoms with Crippen molar-refractivity contribution < 1.29 is 14.0 Å². The van der Waals surface area contributed by atoms with Gasteiger partial charge in [0.15, 0.2) is 0 Å². The van der Waals surface area contributed by atoms with E-state index < -0.39 is 0 Å². The van der Waals surface area contributed by atoms with Crippen LogP contribution in [0.4, 0.5) is 0 Å². The van der Waals surface area contributed by atoms with Crippen molar-refractivity contribution in [1.29, 1.82) is 0 Å². The Balaban J connectivity index is 1.31. The molecule has 142 valence electrons. The van der Waals surface area contributed by atoms with Gasteiger partial charge in [-0.15, -0.1) is 0 Å². The first-order valence-electron chi connectivity index (χ1n) is 9.13. The number of oxazole rings is 1. The summed E-state index contributed by atoms with van der Waals surface area (Å²) in [7, 11) is 0. The largest absolute Gasteiger partial charge is 0.444 e. The number of aromatic nitrogens is 2. The molecule has 1 saturated heterocycles. The third-order valence-electron chi connectivity index (χ3n) is 4.70. The monoisotopic (exact) mass is 376 g/mol. The standard InChI is InChI=1S/C21H20N4O3/c26-19-9-17(13-25(19)12-15-5-4-8-22-10-15)20(27)23-11-18-14-28-21(24-18)16-6-2-1-3-7-16/h1-8,10,14,17H,9,11-13H2,(H,23,27)/t17-/m1/s1. The smallest absolute Gasteiger partial charge is 0.226 e. The predicted molar refractivity (Wildman–Crippen MR) is 102 cm³/mol. The van der Waals surface area contributed by atoms with Gasteiger partial charge in [-0.25, -0.2) is 4.98 Å². The molecule has 0 saturated carbocycles. The molecule has 2 aromatic heterocycles. The molecule has 7 nitrogen and oxygen atoms in total. The van der Waals surface area contributed by atoms with E-state index in [1.807, 2.05) is 42.5 Å². The number of carbonyl (C=O) groups excluding carboxylic acids is 2. The van der Waals surface area contributed by atoms with Crippen LogP contribution in [-0.2, 0) is 22.7 Å². The van der Waals surface area contributed by atoms with Gasteiger partial charge in [-0.1, -0.05) is 24.3 Å². The highest BCUT2D eigenvalue weighted by atomic mass is 16.3. The Morgan fingerprint density at radius 3 is 2.86 bits per heavy atom. The molecular weight excluding hydrogens is 356 g/mol. The van der Waals surface area contributed by atoms with Gasteiger partial charge in [-0.05, 0) is 23.8 Å². The number of amides is 2. The van der Waals surface area contributed by atoms with Crippen molar-refractivity contribution >= 4 is 11.8 Å². The van der Waals surface area contributed by atoms with Crippen molar-refractivity contribution in [3.8, 4) is 11.5 Å². The van der Waals surface area contributed by atoms with Crippen LogP contribution < -0.4 is 5.32 Å². The third-order valence-corrected chi connectivity index (χ3v) is 4.70. The van der Waals surface area contributed by atoms with Gasteiger partial charge in [-0.3, -0.25) is 14.6 Å². The fraction of sp³-hybridized carbons (Fsp3) is 0.238. The molecule has 1 atom stereocenters. The van der Waals surface area contributed by atoms with Gasteiger partial charge in [-0.2, -0.15) is 0 Å². The molecule has 0 bridgehead atoms. The Morgan fingerprint density at radius 1 is 1.21 bits per heavy atom. The van der Waals surface area contributed by atoms with Crippen LogP contribution in [0.1, 0.15) is 17.7 Å². The van der Waals surface area contributed by atoms with E-state index in [9.17, 15) is 9.59 Å². The van der Waals surface area contributed by atoms with E-state index in [1.54, 1.807) is 17.3 Å². The number of pyridine rings is 1. The summed E-state index contributed by atoms with van der Waals surface area (Å²) in [6, 6.07) is 13.3. The number of hydrogen-bond donors (Lipinski definition) is 1. The number of nitrogens with zero attached hydrogens (tertiary/aromatic N) is 3. The van der Waals surface area contributed by atoms with Crippen LogP contribution in [0.2, 0.25) is 0 Å². The van der Waals surface area contributed by atoms with E-state index in [4.69, 9.17) is 4.42 Å². The zero-order valence-electron chi connectivity index (χ0n) is 15.2. The van der Waals surface area contributed by atoms with Crippen LogP contribution in [0, 0.1) is 5.92 Å². The van der Waals surface area contributed by atoms with Crippen molar-refractivity contribution in [1.82, 2.24) is 20.2 Å². The molecule has 3 heterocycles. The minimum Gasteiger partial charge on any atom is -0.444 e. The summed E-state index contributed by atoms with van der Waals surface area (Å²) in [5.74, 6) is -0.00342. The van der Waals surface area contributed by atoms with Crippen LogP contribution in [0.5, 0.6) is 0 Å². The number of likely N-dealkylation sites (tertiary alicyclic amines) is 1. The first kappa shape index (κ1) is 17.9. The summed E-state index contributed by atoms with van der Waals surface area (Å²) in [4.78, 5) is 34.9. The summed E-state index contributed by atoms with van der Waals surface area (Å²) in [6.07, 6.45) is 5.19. The highest BCUT2D eigenvalue weighted by molar-refractivity contribution is 5.89. The van der Waals surface area contributed by atoms with Crippen LogP contribution >= 0.6 is 0 Å². The SMILES string of the molecule is O=C(NCc1coc(-c2ccccc2)n1)[C@@H]1CC(=O)N(Cc2cccnc2)C1. The molecule has 4 rings (SSSR count). The lowest BCUT2D eigenvalue weighted by Gasteiger charge is -2.16. The molecule has 0 aliphatic carbocycles. The van der Waals surface area contributed by atoms with Gasteiger partial charge >= 0.3 is 0 Å². The fourth-order valence-corrected chi connectivity index (χ4v) is 3.24. The van der Waals surface area contributed by atoms with Gasteiger partial charge in [0.25, 0.3) is 0 Å². The molecule has 0 spiro atoms. The molecule has 28 heavy (non-hydrogen) atoms. The van der Waals surface area contributed by atoms with E-state index in [-0.39, 0.29) is 30.7 Å². The van der Waals surface area contributed by atoms with Gasteiger partial charge in [0.05, 0.1) is 18.2 Å². The Morgan fingerprint density at radius 2 is 2.07 bits per heavy atom. The van der Waals surface area contributed by atoms with E-state index in [1.165, 1.54) is 6.26 Å². The minimum absolute atomic E-state index is 0.0168. The maximum absolute atomic E-state index is 12.5. The summed E-state index contributed by atoms with van der Waals surface area (Å²) in [5, 5.41) is 2.86. The zero-order valence-corrected chi connectivity index (χ0v) is 15.2. The van der Waals surface area contributed by atoms with Gasteiger partial charge < -0.3 is 14.6 Å². The predicted octanol–water partition coefficient (Wildman–Crippen LogP) is 2.40. The molecular formula is C21H20N4O3. The molecule has 3 aromatic rings. The van der Waals surface area contributed by atoms with E-state index >= 15 is 0 Å². The molecule has 1 aliphatic rings. The van der Waals surface area contributed by atoms with Crippen molar-refractivity contribution in [3.05, 3.63) is 72.4 Å². The quantitative estimate of drug-likeness (QED) is 0.714. The number of benzene rings is 1. The average Bonchev–Trinajstić information content (AvgIpc) is 3.35. The van der Waals surface area contributed by atoms with Gasteiger partial charge in [0.1, 0.15) is 6.26 Å². The highest BCUT2D eigenvalue weighted by Gasteiger charge is 2.34. The summed E-state index contributed by atoms with van der Waals surface area (Å²) >= 11 is 0. The molecule has 1 aromatic carbocycles. The number of hydrogen-bond acceptors (Lipinski definition) is 5. The zero-order chi connectivity index (χ0) is 19.3. The topological polar surface area (TPSA) is 88.3 Å². The third kappa shape index (κ3) is 4.09. The molecule has 0 unspecified atom stereocenters. The Labute approximate surface area is 162 Å². The van der Waals surface area contributed by atoms with Crippen molar-refractivity contribution in [2.75, 3.05) is 6.54 Å². The van der Waals surface area contributed by atoms with Gasteiger partial charge in [0, 0.05) is 37.5 Å². The van der Waals surface area contributed by atoms with Crippen LogP contribution in [0.25, 0.3) is 11.5 Å². The van der Waals surface area contributed by atoms with Crippen molar-refractivity contribution in [2.45, 2.75) is 19.5 Å². The summed E-state index contributed by atoms with van der Waals surface area (Å²) < 4.78 is 5.48. The Bertz CT molecular complexity index is 956. The van der Waals surface area contributed by atoms with Crippen LogP contribution in [0.15, 0.2) is 65.5 Å². The second-order valence-electron chi connectivity index (χ2n) is 6.76. The number of carbonyl (C=O) groups is 2. The summed E-state index contributed by atoms with van der Waals surface area (Å²) in [6.45, 7) is 1.15. The normalized spacial score (nSPS) is 16.4. The maximum Gasteiger partial charge on any atom is 0.226 e. The van der Waals surface area contributed by atoms with E-state index in [0.29, 0.717) is 24.7 Å². The molecule has 1 fully saturated rings. The lowest BCUT2D eigenvalue weighted by molar-refractivity contribution is -0.129. The molecule has 1 N–H and O–H groups in total. The molecule has 1 aliphatic heterocycles. The Hall–Kier alpha value is -3.48. The molecule has 7 heteroatoms. The average molecular weight is 376 g/mol. The fourth-order valence-electron chi connectivity index (χ4n) is 3.24. The highest BCUT2D eigenvalue weighted by Crippen LogP contribution is 2.21. The number of rotatable bonds is 6. The van der Waals surface area contributed by atoms with Gasteiger partial charge in [0.2, 0.25) is 17.7 Å². The Kier molecular flexibility index (Phi) is 5.14. The minimum atomic E-state index is -0.357. The lowest BCUT2D eigenvalue weighted by atomic mass is 10.1. The first-order chi connectivity index (χ1) is 13.7. The second-order valence-corrected chi connectivity index (χ2v) is 6.76. The van der Waals surface area contributed by atoms with E-state index in [0.717, 1.165) is 11.1 Å². The molecule has 0 radical (unpaired) electrons. The summed E-state index contributed by atoms with van der Waals surface area (Å²) in [5.41, 5.74) is 2.48. The lowest BCUT2D eigenvalue weighted by Crippen LogP contribution is -2.32. The van der Waals surface area contributed by atoms with Crippen molar-refractivity contribution in [2.24, 2.45) is 5.92 Å². The van der Waals surface area contributed by atoms with Crippen LogP contribution in [-0.4, -0.2) is 33.2 Å². The maximum atomic E-state index is 12.5. The second kappa shape index (κ2) is 8.04. The van der Waals surface area contributed by atoms with E-state index in [2.05, 4.69) is 15.3 Å². The molecule has 2 amide bonds.